The maximum Gasteiger partial charge on any atom is 1.00 e. The Morgan fingerprint density at radius 2 is 1.65 bits per heavy atom. The van der Waals surface area contributed by atoms with Crippen LogP contribution in [0.1, 0.15) is 68.6 Å². The van der Waals surface area contributed by atoms with Crippen molar-refractivity contribution < 1.29 is 52.4 Å². The minimum Gasteiger partial charge on any atom is -0.744 e. The van der Waals surface area contributed by atoms with Gasteiger partial charge in [0, 0.05) is 6.42 Å². The molecule has 0 spiro atoms. The monoisotopic (exact) mass is 350 g/mol. The zero-order chi connectivity index (χ0) is 16.6. The number of rotatable bonds is 10. The van der Waals surface area contributed by atoms with E-state index >= 15 is 0 Å². The number of phenolic OH excluding ortho intramolecular Hbond substituents is 1. The number of unbranched alkanes of at least 4 members (excludes halogenated alkanes) is 6. The first kappa shape index (κ1) is 22.6. The first-order valence-electron chi connectivity index (χ1n) is 7.69. The van der Waals surface area contributed by atoms with Crippen molar-refractivity contribution in [2.75, 3.05) is 0 Å². The molecule has 1 N–H and O–H groups in total. The number of hydrogen-bond donors (Lipinski definition) is 1. The molecule has 0 unspecified atom stereocenters. The predicted octanol–water partition coefficient (Wildman–Crippen LogP) is 0.624. The largest absolute Gasteiger partial charge is 1.00 e. The van der Waals surface area contributed by atoms with E-state index in [0.717, 1.165) is 25.3 Å². The summed E-state index contributed by atoms with van der Waals surface area (Å²) in [6.45, 7) is 2.15. The van der Waals surface area contributed by atoms with Crippen molar-refractivity contribution in [1.29, 1.82) is 0 Å². The standard InChI is InChI=1S/C16H24O5S.Na/c1-2-3-4-5-6-7-8-10-13(17)16-14(18)11-9-12-15(16)22(19,20)21;/h9,11-12,18H,2-8,10H2,1H3,(H,19,20,21);/q;+1/p-1. The Morgan fingerprint density at radius 1 is 1.09 bits per heavy atom. The van der Waals surface area contributed by atoms with Gasteiger partial charge in [0.15, 0.2) is 5.78 Å². The molecular formula is C16H23NaO5S. The van der Waals surface area contributed by atoms with Gasteiger partial charge in [0.2, 0.25) is 0 Å². The summed E-state index contributed by atoms with van der Waals surface area (Å²) in [4.78, 5) is 11.5. The second-order valence-electron chi connectivity index (χ2n) is 5.40. The van der Waals surface area contributed by atoms with Crippen LogP contribution >= 0.6 is 0 Å². The van der Waals surface area contributed by atoms with Crippen LogP contribution < -0.4 is 29.6 Å². The van der Waals surface area contributed by atoms with Gasteiger partial charge in [0.25, 0.3) is 0 Å². The smallest absolute Gasteiger partial charge is 0.744 e. The molecule has 0 bridgehead atoms. The first-order chi connectivity index (χ1) is 10.4. The molecular weight excluding hydrogens is 327 g/mol. The van der Waals surface area contributed by atoms with E-state index in [2.05, 4.69) is 6.92 Å². The van der Waals surface area contributed by atoms with Crippen LogP contribution in [0.5, 0.6) is 5.75 Å². The third-order valence-corrected chi connectivity index (χ3v) is 4.44. The Hall–Kier alpha value is -0.400. The Labute approximate surface area is 160 Å². The van der Waals surface area contributed by atoms with Gasteiger partial charge in [-0.1, -0.05) is 51.5 Å². The van der Waals surface area contributed by atoms with Gasteiger partial charge in [-0.15, -0.1) is 0 Å². The van der Waals surface area contributed by atoms with Crippen molar-refractivity contribution in [3.63, 3.8) is 0 Å². The fourth-order valence-electron chi connectivity index (χ4n) is 2.38. The van der Waals surface area contributed by atoms with Crippen molar-refractivity contribution in [2.45, 2.75) is 63.2 Å². The Balaban J connectivity index is 0.00000484. The summed E-state index contributed by atoms with van der Waals surface area (Å²) in [5.41, 5.74) is -0.372. The van der Waals surface area contributed by atoms with Crippen molar-refractivity contribution in [1.82, 2.24) is 0 Å². The number of hydrogen-bond acceptors (Lipinski definition) is 5. The van der Waals surface area contributed by atoms with Crippen LogP contribution in [-0.4, -0.2) is 23.9 Å². The number of benzene rings is 1. The molecule has 0 atom stereocenters. The molecule has 0 aliphatic rings. The molecule has 1 rings (SSSR count). The fourth-order valence-corrected chi connectivity index (χ4v) is 3.09. The minimum atomic E-state index is -4.78. The van der Waals surface area contributed by atoms with Crippen LogP contribution in [0.2, 0.25) is 0 Å². The van der Waals surface area contributed by atoms with E-state index in [4.69, 9.17) is 0 Å². The van der Waals surface area contributed by atoms with Crippen LogP contribution in [-0.2, 0) is 10.1 Å². The SMILES string of the molecule is CCCCCCCCCC(=O)c1c(O)cccc1S(=O)(=O)[O-].[Na+]. The Bertz CT molecular complexity index is 598. The van der Waals surface area contributed by atoms with Crippen LogP contribution in [0.25, 0.3) is 0 Å². The molecule has 0 radical (unpaired) electrons. The first-order valence-corrected chi connectivity index (χ1v) is 9.09. The van der Waals surface area contributed by atoms with E-state index in [9.17, 15) is 22.9 Å². The maximum absolute atomic E-state index is 12.1. The minimum absolute atomic E-state index is 0. The molecule has 0 aliphatic carbocycles. The third kappa shape index (κ3) is 7.81. The average Bonchev–Trinajstić information content (AvgIpc) is 2.45. The molecule has 23 heavy (non-hydrogen) atoms. The summed E-state index contributed by atoms with van der Waals surface area (Å²) >= 11 is 0. The van der Waals surface area contributed by atoms with E-state index in [0.29, 0.717) is 6.42 Å². The molecule has 0 saturated carbocycles. The summed E-state index contributed by atoms with van der Waals surface area (Å²) in [5.74, 6) is -0.953. The number of carbonyl (C=O) groups excluding carboxylic acids is 1. The zero-order valence-corrected chi connectivity index (χ0v) is 16.7. The second-order valence-corrected chi connectivity index (χ2v) is 6.75. The quantitative estimate of drug-likeness (QED) is 0.289. The van der Waals surface area contributed by atoms with Crippen molar-refractivity contribution in [3.8, 4) is 5.75 Å². The molecule has 0 fully saturated rings. The van der Waals surface area contributed by atoms with Crippen LogP contribution in [0.3, 0.4) is 0 Å². The van der Waals surface area contributed by atoms with Crippen molar-refractivity contribution >= 4 is 15.9 Å². The van der Waals surface area contributed by atoms with Crippen molar-refractivity contribution in [2.24, 2.45) is 0 Å². The van der Waals surface area contributed by atoms with Gasteiger partial charge in [-0.05, 0) is 18.6 Å². The van der Waals surface area contributed by atoms with Crippen LogP contribution in [0, 0.1) is 0 Å². The van der Waals surface area contributed by atoms with E-state index in [1.807, 2.05) is 0 Å². The summed E-state index contributed by atoms with van der Waals surface area (Å²) in [5, 5.41) is 9.70. The second kappa shape index (κ2) is 11.2. The Kier molecular flexibility index (Phi) is 11.0. The zero-order valence-electron chi connectivity index (χ0n) is 13.9. The molecule has 7 heteroatoms. The molecule has 124 valence electrons. The predicted molar refractivity (Wildman–Crippen MR) is 83.0 cm³/mol. The molecule has 0 aromatic heterocycles. The molecule has 0 amide bonds. The average molecular weight is 350 g/mol. The van der Waals surface area contributed by atoms with Gasteiger partial charge in [-0.25, -0.2) is 8.42 Å². The maximum atomic E-state index is 12.1. The van der Waals surface area contributed by atoms with E-state index in [1.54, 1.807) is 0 Å². The normalized spacial score (nSPS) is 11.0. The number of ketones is 1. The number of phenols is 1. The molecule has 0 saturated heterocycles. The van der Waals surface area contributed by atoms with Gasteiger partial charge in [-0.3, -0.25) is 4.79 Å². The van der Waals surface area contributed by atoms with Gasteiger partial charge in [-0.2, -0.15) is 0 Å². The van der Waals surface area contributed by atoms with E-state index in [-0.39, 0.29) is 41.5 Å². The molecule has 0 aliphatic heterocycles. The van der Waals surface area contributed by atoms with Gasteiger partial charge in [0.05, 0.1) is 10.5 Å². The Morgan fingerprint density at radius 3 is 2.22 bits per heavy atom. The van der Waals surface area contributed by atoms with Crippen LogP contribution in [0.4, 0.5) is 0 Å². The number of Topliss-reactive ketones (excluding diaryl/α,β-unsaturated/α-hetero) is 1. The van der Waals surface area contributed by atoms with E-state index < -0.39 is 26.5 Å². The number of aromatic hydroxyl groups is 1. The summed E-state index contributed by atoms with van der Waals surface area (Å²) < 4.78 is 33.5. The topological polar surface area (TPSA) is 94.5 Å². The van der Waals surface area contributed by atoms with E-state index in [1.165, 1.54) is 31.4 Å². The molecule has 1 aromatic rings. The van der Waals surface area contributed by atoms with Crippen molar-refractivity contribution in [3.05, 3.63) is 23.8 Å². The molecule has 0 heterocycles. The van der Waals surface area contributed by atoms with Gasteiger partial charge in [0.1, 0.15) is 15.9 Å². The summed E-state index contributed by atoms with van der Waals surface area (Å²) in [7, 11) is -4.78. The van der Waals surface area contributed by atoms with Crippen LogP contribution in [0.15, 0.2) is 23.1 Å². The molecule has 5 nitrogen and oxygen atoms in total. The van der Waals surface area contributed by atoms with Gasteiger partial charge >= 0.3 is 29.6 Å². The summed E-state index contributed by atoms with van der Waals surface area (Å²) in [6.07, 6.45) is 7.36. The number of carbonyl (C=O) groups is 1. The summed E-state index contributed by atoms with van der Waals surface area (Å²) in [6, 6.07) is 3.51. The molecule has 1 aromatic carbocycles. The third-order valence-electron chi connectivity index (χ3n) is 3.56. The van der Waals surface area contributed by atoms with Gasteiger partial charge < -0.3 is 9.66 Å². The fraction of sp³-hybridized carbons (Fsp3) is 0.562.